The van der Waals surface area contributed by atoms with E-state index >= 15 is 0 Å². The molecule has 0 spiro atoms. The Morgan fingerprint density at radius 3 is 1.34 bits per heavy atom. The van der Waals surface area contributed by atoms with Crippen molar-refractivity contribution >= 4 is 30.8 Å². The van der Waals surface area contributed by atoms with E-state index < -0.39 is 5.54 Å². The van der Waals surface area contributed by atoms with Gasteiger partial charge >= 0.3 is 0 Å². The molecule has 0 rings (SSSR count). The average molecular weight is 914 g/mol. The van der Waals surface area contributed by atoms with Crippen LogP contribution in [0.1, 0.15) is 104 Å². The molecule has 0 saturated heterocycles. The number of carbonyl (C=O) groups excluding carboxylic acids is 5. The van der Waals surface area contributed by atoms with Gasteiger partial charge in [-0.05, 0) is 59.2 Å². The number of terminal acetylenes is 3. The first-order valence-electron chi connectivity index (χ1n) is 22.6. The number of unbranched alkanes of at least 4 members (excludes halogenated alkanes) is 5. The van der Waals surface area contributed by atoms with Gasteiger partial charge in [0.15, 0.2) is 0 Å². The third-order valence-electron chi connectivity index (χ3n) is 8.08. The Morgan fingerprint density at radius 1 is 0.562 bits per heavy atom. The summed E-state index contributed by atoms with van der Waals surface area (Å²) in [5, 5.41) is 22.7. The number of amides is 3. The van der Waals surface area contributed by atoms with Crippen molar-refractivity contribution in [2.75, 3.05) is 126 Å². The Balaban J connectivity index is -0.000000332. The van der Waals surface area contributed by atoms with Gasteiger partial charge in [-0.1, -0.05) is 57.8 Å². The third kappa shape index (κ3) is 64.7. The van der Waals surface area contributed by atoms with Gasteiger partial charge in [-0.25, -0.2) is 0 Å². The Kier molecular flexibility index (Phi) is 70.9. The van der Waals surface area contributed by atoms with E-state index in [0.29, 0.717) is 92.0 Å². The fraction of sp³-hybridized carbons (Fsp3) is 0.766. The third-order valence-corrected chi connectivity index (χ3v) is 8.08. The molecule has 3 amide bonds. The van der Waals surface area contributed by atoms with E-state index in [1.807, 2.05) is 27.9 Å². The van der Waals surface area contributed by atoms with Crippen LogP contribution in [-0.4, -0.2) is 168 Å². The number of rotatable bonds is 41. The van der Waals surface area contributed by atoms with Crippen LogP contribution in [-0.2, 0) is 52.4 Å². The van der Waals surface area contributed by atoms with Crippen molar-refractivity contribution in [3.63, 3.8) is 0 Å². The maximum Gasteiger partial charge on any atom is 0.220 e. The molecular weight excluding hydrogens is 827 g/mol. The highest BCUT2D eigenvalue weighted by Gasteiger charge is 2.30. The summed E-state index contributed by atoms with van der Waals surface area (Å²) in [5.41, 5.74) is -0.854. The van der Waals surface area contributed by atoms with E-state index in [4.69, 9.17) is 52.8 Å². The van der Waals surface area contributed by atoms with Crippen LogP contribution in [0.15, 0.2) is 0 Å². The predicted octanol–water partition coefficient (Wildman–Crippen LogP) is 2.61. The quantitative estimate of drug-likeness (QED) is 0.0295. The molecule has 0 bridgehead atoms. The maximum absolute atomic E-state index is 12.3. The molecule has 17 nitrogen and oxygen atoms in total. The molecule has 0 heterocycles. The number of nitrogens with one attached hydrogen (secondary N) is 5. The number of hydrogen-bond donors (Lipinski definition) is 6. The van der Waals surface area contributed by atoms with Crippen LogP contribution in [0.4, 0.5) is 0 Å². The molecule has 64 heavy (non-hydrogen) atoms. The molecule has 0 unspecified atom stereocenters. The normalized spacial score (nSPS) is 9.86. The molecular formula is C47H87N5O12. The van der Waals surface area contributed by atoms with Gasteiger partial charge < -0.3 is 69.7 Å². The summed E-state index contributed by atoms with van der Waals surface area (Å²) in [6, 6.07) is 0. The van der Waals surface area contributed by atoms with Gasteiger partial charge in [0.1, 0.15) is 32.4 Å². The highest BCUT2D eigenvalue weighted by Crippen LogP contribution is 2.25. The van der Waals surface area contributed by atoms with Crippen LogP contribution in [0.3, 0.4) is 0 Å². The smallest absolute Gasteiger partial charge is 0.220 e. The van der Waals surface area contributed by atoms with Crippen molar-refractivity contribution in [2.45, 2.75) is 110 Å². The molecule has 0 atom stereocenters. The molecule has 0 aliphatic heterocycles. The zero-order valence-electron chi connectivity index (χ0n) is 40.1. The monoisotopic (exact) mass is 914 g/mol. The van der Waals surface area contributed by atoms with Gasteiger partial charge in [0, 0.05) is 57.5 Å². The fourth-order valence-electron chi connectivity index (χ4n) is 4.74. The summed E-state index contributed by atoms with van der Waals surface area (Å²) in [7, 11) is 3.85. The summed E-state index contributed by atoms with van der Waals surface area (Å²) >= 11 is 0. The molecule has 0 aromatic rings. The van der Waals surface area contributed by atoms with E-state index in [1.165, 1.54) is 12.8 Å². The molecule has 0 saturated carbocycles. The number of aldehydes is 2. The molecule has 372 valence electrons. The first-order chi connectivity index (χ1) is 31.3. The van der Waals surface area contributed by atoms with Crippen molar-refractivity contribution in [2.24, 2.45) is 0 Å². The van der Waals surface area contributed by atoms with Crippen LogP contribution in [0.25, 0.3) is 0 Å². The Hall–Kier alpha value is -3.93. The van der Waals surface area contributed by atoms with Crippen molar-refractivity contribution < 1.29 is 57.5 Å². The Labute approximate surface area is 387 Å². The lowest BCUT2D eigenvalue weighted by atomic mass is 9.83. The lowest BCUT2D eigenvalue weighted by Gasteiger charge is -2.33. The number of aliphatic hydroxyl groups excluding tert-OH is 1. The largest absolute Gasteiger partial charge is 0.396 e. The zero-order valence-corrected chi connectivity index (χ0v) is 40.1. The van der Waals surface area contributed by atoms with Gasteiger partial charge in [-0.3, -0.25) is 14.4 Å². The number of likely N-dealkylation sites (N-methyl/N-ethyl adjacent to an activating group) is 1. The van der Waals surface area contributed by atoms with Crippen LogP contribution >= 0.6 is 0 Å². The molecule has 0 aliphatic rings. The SMILES string of the molecule is C#CCOCCOCCNC.C#CCOCCOCCNC(=O)CCC(CCC=O)(CCC(=O)NCCOCCOCC#C)NC=O.CC.CCCCC=O.CNCCCCCCO. The molecule has 0 radical (unpaired) electrons. The van der Waals surface area contributed by atoms with E-state index in [1.54, 1.807) is 0 Å². The fourth-order valence-corrected chi connectivity index (χ4v) is 4.74. The van der Waals surface area contributed by atoms with Gasteiger partial charge in [-0.2, -0.15) is 0 Å². The van der Waals surface area contributed by atoms with Crippen molar-refractivity contribution in [3.05, 3.63) is 0 Å². The van der Waals surface area contributed by atoms with Gasteiger partial charge in [0.25, 0.3) is 0 Å². The number of carbonyl (C=O) groups is 5. The van der Waals surface area contributed by atoms with Crippen LogP contribution < -0.4 is 26.6 Å². The van der Waals surface area contributed by atoms with Crippen LogP contribution in [0.5, 0.6) is 0 Å². The second kappa shape index (κ2) is 65.7. The van der Waals surface area contributed by atoms with E-state index in [-0.39, 0.29) is 57.1 Å². The molecule has 0 aliphatic carbocycles. The van der Waals surface area contributed by atoms with Crippen molar-refractivity contribution in [1.82, 2.24) is 26.6 Å². The van der Waals surface area contributed by atoms with Gasteiger partial charge in [0.2, 0.25) is 18.2 Å². The summed E-state index contributed by atoms with van der Waals surface area (Å²) < 4.78 is 31.0. The maximum atomic E-state index is 12.3. The molecule has 17 heteroatoms. The second-order valence-electron chi connectivity index (χ2n) is 13.2. The summed E-state index contributed by atoms with van der Waals surface area (Å²) in [6.45, 7) is 13.9. The number of aliphatic hydroxyl groups is 1. The summed E-state index contributed by atoms with van der Waals surface area (Å²) in [6.07, 6.45) is 26.1. The lowest BCUT2D eigenvalue weighted by molar-refractivity contribution is -0.123. The summed E-state index contributed by atoms with van der Waals surface area (Å²) in [4.78, 5) is 56.3. The average Bonchev–Trinajstić information content (AvgIpc) is 3.31. The number of hydrogen-bond acceptors (Lipinski definition) is 14. The Morgan fingerprint density at radius 2 is 0.984 bits per heavy atom. The van der Waals surface area contributed by atoms with Crippen molar-refractivity contribution in [3.8, 4) is 37.0 Å². The minimum Gasteiger partial charge on any atom is -0.396 e. The molecule has 0 aromatic carbocycles. The second-order valence-corrected chi connectivity index (χ2v) is 13.2. The first-order valence-corrected chi connectivity index (χ1v) is 22.6. The minimum atomic E-state index is -0.854. The predicted molar refractivity (Wildman–Crippen MR) is 253 cm³/mol. The minimum absolute atomic E-state index is 0.113. The molecule has 0 fully saturated rings. The highest BCUT2D eigenvalue weighted by atomic mass is 16.5. The lowest BCUT2D eigenvalue weighted by Crippen LogP contribution is -2.46. The topological polar surface area (TPSA) is 221 Å². The summed E-state index contributed by atoms with van der Waals surface area (Å²) in [5.74, 6) is 6.63. The van der Waals surface area contributed by atoms with Crippen molar-refractivity contribution in [1.29, 1.82) is 0 Å². The van der Waals surface area contributed by atoms with E-state index in [9.17, 15) is 24.0 Å². The zero-order chi connectivity index (χ0) is 48.9. The van der Waals surface area contributed by atoms with Crippen LogP contribution in [0, 0.1) is 37.0 Å². The first kappa shape index (κ1) is 69.1. The molecule has 0 aromatic heterocycles. The standard InChI is InChI=1S/C25H39N3O8.C8H15NO2.C7H17NO.C5H10O.C2H6/c1-3-14-33-18-20-35-16-11-26-23(31)6-9-25(28-22-30,8-5-13-29)10-7-24(32)27-12-17-36-21-19-34-15-4-2;1-3-5-10-7-8-11-6-4-9-2;1-8-6-4-2-3-5-7-9;1-2-3-4-5-6;1-2/h1-2,13,22H,5-12,14-21H2,(H,26,31)(H,27,32)(H,28,30);1,9H,4-8H2,2H3;8-9H,2-7H2,1H3;5H,2-4H2,1H3;1-2H3. The van der Waals surface area contributed by atoms with Gasteiger partial charge in [0.05, 0.1) is 59.5 Å². The van der Waals surface area contributed by atoms with E-state index in [2.05, 4.69) is 51.3 Å². The number of ether oxygens (including phenoxy) is 6. The van der Waals surface area contributed by atoms with Crippen LogP contribution in [0.2, 0.25) is 0 Å². The molecule has 6 N–H and O–H groups in total. The van der Waals surface area contributed by atoms with E-state index in [0.717, 1.165) is 64.4 Å². The highest BCUT2D eigenvalue weighted by molar-refractivity contribution is 5.77. The Bertz CT molecular complexity index is 1080. The van der Waals surface area contributed by atoms with Gasteiger partial charge in [-0.15, -0.1) is 19.3 Å².